The fourth-order valence-electron chi connectivity index (χ4n) is 4.81. The first-order valence-corrected chi connectivity index (χ1v) is 17.7. The summed E-state index contributed by atoms with van der Waals surface area (Å²) in [6, 6.07) is 7.70. The van der Waals surface area contributed by atoms with Crippen molar-refractivity contribution in [1.82, 2.24) is 0 Å². The minimum absolute atomic E-state index is 0.0148. The molecule has 262 valence electrons. The van der Waals surface area contributed by atoms with Crippen LogP contribution in [0.15, 0.2) is 72.9 Å². The molecule has 1 aromatic carbocycles. The molecule has 0 aromatic heterocycles. The number of hydrogen-bond donors (Lipinski definition) is 1. The van der Waals surface area contributed by atoms with E-state index in [-0.39, 0.29) is 24.6 Å². The summed E-state index contributed by atoms with van der Waals surface area (Å²) in [4.78, 5) is 0. The van der Waals surface area contributed by atoms with E-state index in [1.165, 1.54) is 19.3 Å². The van der Waals surface area contributed by atoms with Crippen LogP contribution in [0, 0.1) is 0 Å². The summed E-state index contributed by atoms with van der Waals surface area (Å²) < 4.78 is 34.9. The molecule has 0 amide bonds. The van der Waals surface area contributed by atoms with Gasteiger partial charge >= 0.3 is 0 Å². The average molecular weight is 645 g/mol. The van der Waals surface area contributed by atoms with Gasteiger partial charge in [0.25, 0.3) is 0 Å². The van der Waals surface area contributed by atoms with E-state index in [1.54, 1.807) is 0 Å². The van der Waals surface area contributed by atoms with Crippen molar-refractivity contribution in [3.8, 4) is 5.75 Å². The van der Waals surface area contributed by atoms with Crippen molar-refractivity contribution in [3.63, 3.8) is 0 Å². The first-order valence-electron chi connectivity index (χ1n) is 17.7. The van der Waals surface area contributed by atoms with Crippen LogP contribution in [0.2, 0.25) is 0 Å². The third-order valence-electron chi connectivity index (χ3n) is 7.14. The molecule has 0 fully saturated rings. The van der Waals surface area contributed by atoms with Gasteiger partial charge in [0.2, 0.25) is 0 Å². The van der Waals surface area contributed by atoms with Crippen molar-refractivity contribution in [2.45, 2.75) is 124 Å². The Hall–Kier alpha value is -2.26. The third kappa shape index (κ3) is 20.8. The normalized spacial score (nSPS) is 15.1. The molecule has 0 saturated carbocycles. The van der Waals surface area contributed by atoms with E-state index < -0.39 is 6.10 Å². The summed E-state index contributed by atoms with van der Waals surface area (Å²) in [6.45, 7) is 16.0. The molecule has 1 rings (SSSR count). The fraction of sp³-hybridized carbons (Fsp3) is 0.641. The standard InChI is InChI=1S/C39H64O7/c1-7-13-14-15-32-46-37-30-28-33(29-31-37)38(40)26-18-24-35(42-9-3)22-16-20-34(41-8-2)21-17-23-36(43-10-4)25-19-27-39(44-11-5)45-12-6/h16-19,21-22,25-26,28-31,34-36,38-40H,7-15,20,23-24,27,32H2,1-6H3/b21-17+,22-16+,25-19+,26-18+. The molecular weight excluding hydrogens is 580 g/mol. The predicted molar refractivity (Wildman–Crippen MR) is 189 cm³/mol. The number of hydrogen-bond acceptors (Lipinski definition) is 7. The molecule has 1 N–H and O–H groups in total. The predicted octanol–water partition coefficient (Wildman–Crippen LogP) is 9.08. The second kappa shape index (κ2) is 28.9. The highest BCUT2D eigenvalue weighted by atomic mass is 16.7. The maximum atomic E-state index is 10.7. The molecule has 7 nitrogen and oxygen atoms in total. The van der Waals surface area contributed by atoms with Crippen LogP contribution in [0.25, 0.3) is 0 Å². The molecule has 0 aliphatic carbocycles. The van der Waals surface area contributed by atoms with Gasteiger partial charge in [0, 0.05) is 39.5 Å². The maximum Gasteiger partial charge on any atom is 0.160 e. The van der Waals surface area contributed by atoms with Crippen LogP contribution in [0.3, 0.4) is 0 Å². The quantitative estimate of drug-likeness (QED) is 0.0530. The Morgan fingerprint density at radius 2 is 1.00 bits per heavy atom. The lowest BCUT2D eigenvalue weighted by atomic mass is 10.1. The van der Waals surface area contributed by atoms with E-state index in [2.05, 4.69) is 43.4 Å². The van der Waals surface area contributed by atoms with Gasteiger partial charge in [-0.15, -0.1) is 0 Å². The highest BCUT2D eigenvalue weighted by Crippen LogP contribution is 2.20. The van der Waals surface area contributed by atoms with Gasteiger partial charge in [-0.2, -0.15) is 0 Å². The van der Waals surface area contributed by atoms with Gasteiger partial charge in [0.1, 0.15) is 5.75 Å². The molecule has 0 radical (unpaired) electrons. The van der Waals surface area contributed by atoms with Crippen LogP contribution in [0.5, 0.6) is 5.75 Å². The molecular formula is C39H64O7. The minimum atomic E-state index is -0.677. The molecule has 4 atom stereocenters. The third-order valence-corrected chi connectivity index (χ3v) is 7.14. The van der Waals surface area contributed by atoms with Crippen LogP contribution in [0.1, 0.15) is 105 Å². The van der Waals surface area contributed by atoms with Gasteiger partial charge in [-0.05, 0) is 78.0 Å². The summed E-state index contributed by atoms with van der Waals surface area (Å²) in [5, 5.41) is 10.7. The van der Waals surface area contributed by atoms with Crippen LogP contribution in [-0.4, -0.2) is 69.3 Å². The van der Waals surface area contributed by atoms with Crippen molar-refractivity contribution < 1.29 is 33.5 Å². The minimum Gasteiger partial charge on any atom is -0.494 e. The summed E-state index contributed by atoms with van der Waals surface area (Å²) in [5.41, 5.74) is 0.840. The molecule has 0 heterocycles. The second-order valence-electron chi connectivity index (χ2n) is 10.9. The Morgan fingerprint density at radius 3 is 1.46 bits per heavy atom. The van der Waals surface area contributed by atoms with E-state index >= 15 is 0 Å². The summed E-state index contributed by atoms with van der Waals surface area (Å²) in [5.74, 6) is 0.841. The van der Waals surface area contributed by atoms with Crippen molar-refractivity contribution in [2.75, 3.05) is 39.6 Å². The molecule has 0 aliphatic heterocycles. The largest absolute Gasteiger partial charge is 0.494 e. The van der Waals surface area contributed by atoms with Crippen molar-refractivity contribution >= 4 is 0 Å². The Labute approximate surface area is 280 Å². The first-order chi connectivity index (χ1) is 22.5. The molecule has 1 aromatic rings. The summed E-state index contributed by atoms with van der Waals surface area (Å²) in [7, 11) is 0. The maximum absolute atomic E-state index is 10.7. The Bertz CT molecular complexity index is 934. The van der Waals surface area contributed by atoms with E-state index in [0.717, 1.165) is 37.2 Å². The zero-order valence-electron chi connectivity index (χ0n) is 29.6. The Balaban J connectivity index is 2.62. The van der Waals surface area contributed by atoms with E-state index in [4.69, 9.17) is 28.4 Å². The SMILES string of the molecule is CCCCCCOc1ccc(C(O)/C=C/CC(/C=C/CC(/C=C/CC(/C=C/CC(OCC)OCC)OCC)OCC)OCC)cc1. The molecule has 4 unspecified atom stereocenters. The van der Waals surface area contributed by atoms with Gasteiger partial charge in [-0.3, -0.25) is 0 Å². The van der Waals surface area contributed by atoms with Gasteiger partial charge < -0.3 is 33.5 Å². The van der Waals surface area contributed by atoms with Crippen molar-refractivity contribution in [1.29, 1.82) is 0 Å². The highest BCUT2D eigenvalue weighted by molar-refractivity contribution is 5.30. The lowest BCUT2D eigenvalue weighted by Gasteiger charge is -2.16. The number of unbranched alkanes of at least 4 members (excludes halogenated alkanes) is 3. The highest BCUT2D eigenvalue weighted by Gasteiger charge is 2.09. The molecule has 7 heteroatoms. The zero-order valence-corrected chi connectivity index (χ0v) is 29.6. The molecule has 0 saturated heterocycles. The Morgan fingerprint density at radius 1 is 0.543 bits per heavy atom. The van der Waals surface area contributed by atoms with Gasteiger partial charge in [0.05, 0.1) is 31.0 Å². The first kappa shape index (κ1) is 41.8. The second-order valence-corrected chi connectivity index (χ2v) is 10.9. The Kier molecular flexibility index (Phi) is 26.3. The molecule has 0 spiro atoms. The number of aliphatic hydroxyl groups excluding tert-OH is 1. The number of rotatable bonds is 29. The lowest BCUT2D eigenvalue weighted by Crippen LogP contribution is -2.16. The van der Waals surface area contributed by atoms with E-state index in [0.29, 0.717) is 45.9 Å². The smallest absolute Gasteiger partial charge is 0.160 e. The zero-order chi connectivity index (χ0) is 33.7. The van der Waals surface area contributed by atoms with E-state index in [9.17, 15) is 5.11 Å². The number of aliphatic hydroxyl groups is 1. The average Bonchev–Trinajstić information content (AvgIpc) is 3.05. The van der Waals surface area contributed by atoms with Crippen molar-refractivity contribution in [3.05, 3.63) is 78.4 Å². The lowest BCUT2D eigenvalue weighted by molar-refractivity contribution is -0.133. The summed E-state index contributed by atoms with van der Waals surface area (Å²) in [6.07, 6.45) is 23.0. The summed E-state index contributed by atoms with van der Waals surface area (Å²) >= 11 is 0. The number of ether oxygens (including phenoxy) is 6. The van der Waals surface area contributed by atoms with E-state index in [1.807, 2.05) is 71.0 Å². The van der Waals surface area contributed by atoms with Crippen LogP contribution in [-0.2, 0) is 23.7 Å². The number of benzene rings is 1. The van der Waals surface area contributed by atoms with Gasteiger partial charge in [-0.25, -0.2) is 0 Å². The van der Waals surface area contributed by atoms with Crippen LogP contribution >= 0.6 is 0 Å². The fourth-order valence-corrected chi connectivity index (χ4v) is 4.81. The van der Waals surface area contributed by atoms with Crippen LogP contribution < -0.4 is 4.74 Å². The monoisotopic (exact) mass is 644 g/mol. The van der Waals surface area contributed by atoms with Crippen LogP contribution in [0.4, 0.5) is 0 Å². The topological polar surface area (TPSA) is 75.6 Å². The van der Waals surface area contributed by atoms with Gasteiger partial charge in [0.15, 0.2) is 6.29 Å². The van der Waals surface area contributed by atoms with Gasteiger partial charge in [-0.1, -0.05) is 86.9 Å². The molecule has 46 heavy (non-hydrogen) atoms. The molecule has 0 aliphatic rings. The van der Waals surface area contributed by atoms with Crippen molar-refractivity contribution in [2.24, 2.45) is 0 Å². The molecule has 0 bridgehead atoms.